The Morgan fingerprint density at radius 1 is 1.00 bits per heavy atom. The normalized spacial score (nSPS) is 10.3. The number of hydrogen-bond acceptors (Lipinski definition) is 3. The standard InChI is InChI=1S/C21H24N2O3/c1-15-5-4-6-18(13-15)14-22-21(26)11-12-23(17(3)25)20-9-7-19(8-10-20)16(2)24/h4-10,13H,11-12,14H2,1-3H3,(H,22,26). The average molecular weight is 352 g/mol. The van der Waals surface area contributed by atoms with E-state index in [2.05, 4.69) is 5.32 Å². The lowest BCUT2D eigenvalue weighted by molar-refractivity contribution is -0.121. The van der Waals surface area contributed by atoms with Gasteiger partial charge < -0.3 is 10.2 Å². The molecule has 5 heteroatoms. The monoisotopic (exact) mass is 352 g/mol. The predicted octanol–water partition coefficient (Wildman–Crippen LogP) is 3.26. The summed E-state index contributed by atoms with van der Waals surface area (Å²) in [6.45, 7) is 5.72. The second-order valence-electron chi connectivity index (χ2n) is 6.29. The maximum Gasteiger partial charge on any atom is 0.223 e. The van der Waals surface area contributed by atoms with Crippen molar-refractivity contribution in [1.29, 1.82) is 0 Å². The van der Waals surface area contributed by atoms with Crippen LogP contribution >= 0.6 is 0 Å². The number of anilines is 1. The molecular weight excluding hydrogens is 328 g/mol. The van der Waals surface area contributed by atoms with Crippen LogP contribution in [0.5, 0.6) is 0 Å². The SMILES string of the molecule is CC(=O)c1ccc(N(CCC(=O)NCc2cccc(C)c2)C(C)=O)cc1. The first kappa shape index (κ1) is 19.4. The first-order valence-electron chi connectivity index (χ1n) is 8.58. The number of carbonyl (C=O) groups is 3. The number of ketones is 1. The molecular formula is C21H24N2O3. The molecule has 2 amide bonds. The lowest BCUT2D eigenvalue weighted by Crippen LogP contribution is -2.33. The third-order valence-electron chi connectivity index (χ3n) is 4.10. The number of amides is 2. The average Bonchev–Trinajstić information content (AvgIpc) is 2.60. The summed E-state index contributed by atoms with van der Waals surface area (Å²) in [6, 6.07) is 14.8. The van der Waals surface area contributed by atoms with E-state index in [1.54, 1.807) is 24.3 Å². The van der Waals surface area contributed by atoms with Crippen molar-refractivity contribution in [2.45, 2.75) is 33.7 Å². The smallest absolute Gasteiger partial charge is 0.223 e. The summed E-state index contributed by atoms with van der Waals surface area (Å²) < 4.78 is 0. The summed E-state index contributed by atoms with van der Waals surface area (Å²) in [5.74, 6) is -0.286. The van der Waals surface area contributed by atoms with Gasteiger partial charge in [-0.3, -0.25) is 14.4 Å². The largest absolute Gasteiger partial charge is 0.352 e. The third-order valence-corrected chi connectivity index (χ3v) is 4.10. The molecule has 2 rings (SSSR count). The minimum absolute atomic E-state index is 0.0264. The first-order chi connectivity index (χ1) is 12.4. The molecule has 0 spiro atoms. The van der Waals surface area contributed by atoms with E-state index in [0.29, 0.717) is 17.8 Å². The molecule has 0 saturated carbocycles. The number of benzene rings is 2. The highest BCUT2D eigenvalue weighted by Crippen LogP contribution is 2.16. The topological polar surface area (TPSA) is 66.5 Å². The van der Waals surface area contributed by atoms with E-state index in [4.69, 9.17) is 0 Å². The van der Waals surface area contributed by atoms with Crippen LogP contribution in [0.2, 0.25) is 0 Å². The summed E-state index contributed by atoms with van der Waals surface area (Å²) >= 11 is 0. The van der Waals surface area contributed by atoms with Gasteiger partial charge in [0.05, 0.1) is 0 Å². The highest BCUT2D eigenvalue weighted by molar-refractivity contribution is 5.96. The van der Waals surface area contributed by atoms with Crippen molar-refractivity contribution in [3.63, 3.8) is 0 Å². The van der Waals surface area contributed by atoms with E-state index >= 15 is 0 Å². The number of carbonyl (C=O) groups excluding carboxylic acids is 3. The minimum atomic E-state index is -0.146. The van der Waals surface area contributed by atoms with Crippen molar-refractivity contribution in [2.24, 2.45) is 0 Å². The predicted molar refractivity (Wildman–Crippen MR) is 102 cm³/mol. The lowest BCUT2D eigenvalue weighted by atomic mass is 10.1. The third kappa shape index (κ3) is 5.55. The number of hydrogen-bond donors (Lipinski definition) is 1. The number of rotatable bonds is 7. The molecule has 2 aromatic rings. The summed E-state index contributed by atoms with van der Waals surface area (Å²) in [5, 5.41) is 2.87. The van der Waals surface area contributed by atoms with E-state index in [-0.39, 0.29) is 30.6 Å². The van der Waals surface area contributed by atoms with Crippen LogP contribution in [-0.4, -0.2) is 24.1 Å². The van der Waals surface area contributed by atoms with Crippen LogP contribution in [0.3, 0.4) is 0 Å². The van der Waals surface area contributed by atoms with Gasteiger partial charge in [0, 0.05) is 37.7 Å². The maximum atomic E-state index is 12.1. The summed E-state index contributed by atoms with van der Waals surface area (Å²) in [5.41, 5.74) is 3.46. The quantitative estimate of drug-likeness (QED) is 0.778. The van der Waals surface area contributed by atoms with Crippen LogP contribution in [0, 0.1) is 6.92 Å². The Kier molecular flexibility index (Phi) is 6.67. The van der Waals surface area contributed by atoms with Gasteiger partial charge in [0.1, 0.15) is 0 Å². The van der Waals surface area contributed by atoms with E-state index in [1.807, 2.05) is 31.2 Å². The molecule has 0 radical (unpaired) electrons. The zero-order valence-corrected chi connectivity index (χ0v) is 15.4. The molecule has 2 aromatic carbocycles. The molecule has 136 valence electrons. The van der Waals surface area contributed by atoms with Crippen molar-refractivity contribution >= 4 is 23.3 Å². The maximum absolute atomic E-state index is 12.1. The van der Waals surface area contributed by atoms with Gasteiger partial charge in [0.2, 0.25) is 11.8 Å². The molecule has 0 bridgehead atoms. The highest BCUT2D eigenvalue weighted by atomic mass is 16.2. The van der Waals surface area contributed by atoms with Gasteiger partial charge in [0.15, 0.2) is 5.78 Å². The van der Waals surface area contributed by atoms with E-state index in [9.17, 15) is 14.4 Å². The van der Waals surface area contributed by atoms with Crippen molar-refractivity contribution in [3.05, 3.63) is 65.2 Å². The fourth-order valence-electron chi connectivity index (χ4n) is 2.67. The van der Waals surface area contributed by atoms with Gasteiger partial charge >= 0.3 is 0 Å². The fourth-order valence-corrected chi connectivity index (χ4v) is 2.67. The van der Waals surface area contributed by atoms with Crippen LogP contribution in [0.1, 0.15) is 41.8 Å². The van der Waals surface area contributed by atoms with Crippen molar-refractivity contribution in [3.8, 4) is 0 Å². The second kappa shape index (κ2) is 8.94. The number of nitrogens with zero attached hydrogens (tertiary/aromatic N) is 1. The van der Waals surface area contributed by atoms with Crippen LogP contribution in [-0.2, 0) is 16.1 Å². The molecule has 1 N–H and O–H groups in total. The van der Waals surface area contributed by atoms with Crippen LogP contribution in [0.15, 0.2) is 48.5 Å². The first-order valence-corrected chi connectivity index (χ1v) is 8.58. The Morgan fingerprint density at radius 2 is 1.69 bits per heavy atom. The Hall–Kier alpha value is -2.95. The van der Waals surface area contributed by atoms with Crippen LogP contribution in [0.4, 0.5) is 5.69 Å². The molecule has 0 unspecified atom stereocenters. The highest BCUT2D eigenvalue weighted by Gasteiger charge is 2.14. The summed E-state index contributed by atoms with van der Waals surface area (Å²) in [7, 11) is 0. The number of aryl methyl sites for hydroxylation is 1. The molecule has 0 aliphatic rings. The van der Waals surface area contributed by atoms with Crippen molar-refractivity contribution in [1.82, 2.24) is 5.32 Å². The number of Topliss-reactive ketones (excluding diaryl/α,β-unsaturated/α-hetero) is 1. The molecule has 0 fully saturated rings. The number of nitrogens with one attached hydrogen (secondary N) is 1. The molecule has 26 heavy (non-hydrogen) atoms. The second-order valence-corrected chi connectivity index (χ2v) is 6.29. The van der Waals surface area contributed by atoms with E-state index < -0.39 is 0 Å². The van der Waals surface area contributed by atoms with Gasteiger partial charge in [-0.2, -0.15) is 0 Å². The van der Waals surface area contributed by atoms with Gasteiger partial charge in [-0.1, -0.05) is 29.8 Å². The van der Waals surface area contributed by atoms with Crippen LogP contribution in [0.25, 0.3) is 0 Å². The summed E-state index contributed by atoms with van der Waals surface area (Å²) in [4.78, 5) is 36.9. The molecule has 0 atom stereocenters. The molecule has 0 aromatic heterocycles. The van der Waals surface area contributed by atoms with Gasteiger partial charge in [0.25, 0.3) is 0 Å². The lowest BCUT2D eigenvalue weighted by Gasteiger charge is -2.21. The molecule has 0 heterocycles. The Labute approximate surface area is 154 Å². The Morgan fingerprint density at radius 3 is 2.27 bits per heavy atom. The Balaban J connectivity index is 1.92. The van der Waals surface area contributed by atoms with Gasteiger partial charge in [-0.05, 0) is 43.7 Å². The van der Waals surface area contributed by atoms with Gasteiger partial charge in [-0.15, -0.1) is 0 Å². The van der Waals surface area contributed by atoms with E-state index in [0.717, 1.165) is 11.1 Å². The molecule has 0 aliphatic carbocycles. The molecule has 5 nitrogen and oxygen atoms in total. The minimum Gasteiger partial charge on any atom is -0.352 e. The summed E-state index contributed by atoms with van der Waals surface area (Å²) in [6.07, 6.45) is 0.208. The van der Waals surface area contributed by atoms with Crippen molar-refractivity contribution < 1.29 is 14.4 Å². The van der Waals surface area contributed by atoms with Crippen molar-refractivity contribution in [2.75, 3.05) is 11.4 Å². The fraction of sp³-hybridized carbons (Fsp3) is 0.286. The van der Waals surface area contributed by atoms with Crippen LogP contribution < -0.4 is 10.2 Å². The molecule has 0 aliphatic heterocycles. The zero-order valence-electron chi connectivity index (χ0n) is 15.4. The zero-order chi connectivity index (χ0) is 19.1. The molecule has 0 saturated heterocycles. The van der Waals surface area contributed by atoms with Gasteiger partial charge in [-0.25, -0.2) is 0 Å². The Bertz CT molecular complexity index is 797. The van der Waals surface area contributed by atoms with E-state index in [1.165, 1.54) is 18.7 Å².